The number of hydrogen-bond acceptors (Lipinski definition) is 2. The molecule has 0 aliphatic rings. The molecule has 0 amide bonds. The van der Waals surface area contributed by atoms with Gasteiger partial charge in [0.15, 0.2) is 11.6 Å². The Hall–Kier alpha value is -1.12. The van der Waals surface area contributed by atoms with Crippen molar-refractivity contribution in [3.63, 3.8) is 0 Å². The van der Waals surface area contributed by atoms with Crippen LogP contribution in [-0.4, -0.2) is 15.8 Å². The Balaban J connectivity index is 3.05. The second kappa shape index (κ2) is 2.86. The minimum Gasteiger partial charge on any atom is -0.339 e. The third-order valence-corrected chi connectivity index (χ3v) is 1.65. The third-order valence-electron chi connectivity index (χ3n) is 1.65. The van der Waals surface area contributed by atoms with Crippen molar-refractivity contribution in [2.75, 3.05) is 0 Å². The third kappa shape index (κ3) is 1.48. The number of Topliss-reactive ketones (excluding diaryl/α,β-unsaturated/α-hetero) is 1. The molecule has 0 aromatic carbocycles. The SMILES string of the molecule is CCc1nc(C(C)=O)[nH]c1C. The van der Waals surface area contributed by atoms with Crippen LogP contribution in [0.25, 0.3) is 0 Å². The standard InChI is InChI=1S/C8H12N2O/c1-4-7-5(2)9-8(10-7)6(3)11/h4H2,1-3H3,(H,9,10). The van der Waals surface area contributed by atoms with Crippen molar-refractivity contribution in [3.8, 4) is 0 Å². The number of nitrogens with zero attached hydrogens (tertiary/aromatic N) is 1. The van der Waals surface area contributed by atoms with Gasteiger partial charge >= 0.3 is 0 Å². The summed E-state index contributed by atoms with van der Waals surface area (Å²) in [6.07, 6.45) is 0.871. The van der Waals surface area contributed by atoms with E-state index in [0.717, 1.165) is 17.8 Å². The monoisotopic (exact) mass is 152 g/mol. The summed E-state index contributed by atoms with van der Waals surface area (Å²) in [6, 6.07) is 0. The molecule has 1 aromatic rings. The molecule has 0 unspecified atom stereocenters. The van der Waals surface area contributed by atoms with Gasteiger partial charge in [0, 0.05) is 12.6 Å². The van der Waals surface area contributed by atoms with Gasteiger partial charge in [0.05, 0.1) is 5.69 Å². The molecule has 0 bridgehead atoms. The van der Waals surface area contributed by atoms with Crippen LogP contribution in [0.3, 0.4) is 0 Å². The van der Waals surface area contributed by atoms with Crippen LogP contribution in [0.2, 0.25) is 0 Å². The predicted octanol–water partition coefficient (Wildman–Crippen LogP) is 1.48. The maximum Gasteiger partial charge on any atom is 0.194 e. The summed E-state index contributed by atoms with van der Waals surface area (Å²) in [7, 11) is 0. The Morgan fingerprint density at radius 1 is 1.64 bits per heavy atom. The van der Waals surface area contributed by atoms with E-state index in [4.69, 9.17) is 0 Å². The number of aromatic nitrogens is 2. The van der Waals surface area contributed by atoms with Crippen molar-refractivity contribution in [3.05, 3.63) is 17.2 Å². The molecule has 1 rings (SSSR count). The second-order valence-electron chi connectivity index (χ2n) is 2.57. The van der Waals surface area contributed by atoms with Crippen molar-refractivity contribution < 1.29 is 4.79 Å². The molecule has 0 spiro atoms. The quantitative estimate of drug-likeness (QED) is 0.652. The van der Waals surface area contributed by atoms with E-state index in [-0.39, 0.29) is 5.78 Å². The molecule has 11 heavy (non-hydrogen) atoms. The number of rotatable bonds is 2. The lowest BCUT2D eigenvalue weighted by molar-refractivity contribution is 0.100. The van der Waals surface area contributed by atoms with Gasteiger partial charge in [-0.1, -0.05) is 6.92 Å². The lowest BCUT2D eigenvalue weighted by Gasteiger charge is -1.86. The van der Waals surface area contributed by atoms with Gasteiger partial charge in [-0.15, -0.1) is 0 Å². The summed E-state index contributed by atoms with van der Waals surface area (Å²) in [5, 5.41) is 0. The average molecular weight is 152 g/mol. The number of aromatic amines is 1. The zero-order chi connectivity index (χ0) is 8.43. The molecular weight excluding hydrogens is 140 g/mol. The Morgan fingerprint density at radius 3 is 2.55 bits per heavy atom. The van der Waals surface area contributed by atoms with Crippen LogP contribution in [0.15, 0.2) is 0 Å². The lowest BCUT2D eigenvalue weighted by Crippen LogP contribution is -1.94. The summed E-state index contributed by atoms with van der Waals surface area (Å²) in [5.41, 5.74) is 1.98. The number of H-pyrrole nitrogens is 1. The van der Waals surface area contributed by atoms with Crippen LogP contribution < -0.4 is 0 Å². The van der Waals surface area contributed by atoms with Crippen LogP contribution in [-0.2, 0) is 6.42 Å². The molecule has 1 aromatic heterocycles. The number of hydrogen-bond donors (Lipinski definition) is 1. The molecule has 0 aliphatic carbocycles. The normalized spacial score (nSPS) is 10.1. The van der Waals surface area contributed by atoms with Crippen LogP contribution in [0.1, 0.15) is 35.9 Å². The molecule has 0 saturated heterocycles. The summed E-state index contributed by atoms with van der Waals surface area (Å²) in [6.45, 7) is 5.46. The molecule has 0 radical (unpaired) electrons. The number of nitrogens with one attached hydrogen (secondary N) is 1. The Bertz CT molecular complexity index is 276. The first-order valence-corrected chi connectivity index (χ1v) is 3.71. The van der Waals surface area contributed by atoms with E-state index >= 15 is 0 Å². The summed E-state index contributed by atoms with van der Waals surface area (Å²) >= 11 is 0. The highest BCUT2D eigenvalue weighted by Gasteiger charge is 2.07. The highest BCUT2D eigenvalue weighted by atomic mass is 16.1. The maximum absolute atomic E-state index is 10.8. The zero-order valence-electron chi connectivity index (χ0n) is 7.06. The highest BCUT2D eigenvalue weighted by molar-refractivity contribution is 5.90. The largest absolute Gasteiger partial charge is 0.339 e. The number of ketones is 1. The van der Waals surface area contributed by atoms with Gasteiger partial charge < -0.3 is 4.98 Å². The molecule has 1 N–H and O–H groups in total. The molecule has 60 valence electrons. The first-order chi connectivity index (χ1) is 5.15. The Morgan fingerprint density at radius 2 is 2.27 bits per heavy atom. The van der Waals surface area contributed by atoms with Crippen LogP contribution >= 0.6 is 0 Å². The van der Waals surface area contributed by atoms with Crippen molar-refractivity contribution in [1.82, 2.24) is 9.97 Å². The molecule has 0 saturated carbocycles. The first-order valence-electron chi connectivity index (χ1n) is 3.71. The molecule has 0 atom stereocenters. The molecule has 3 heteroatoms. The topological polar surface area (TPSA) is 45.8 Å². The van der Waals surface area contributed by atoms with Gasteiger partial charge in [-0.05, 0) is 13.3 Å². The van der Waals surface area contributed by atoms with Crippen LogP contribution in [0.4, 0.5) is 0 Å². The van der Waals surface area contributed by atoms with Gasteiger partial charge in [-0.2, -0.15) is 0 Å². The molecule has 3 nitrogen and oxygen atoms in total. The second-order valence-corrected chi connectivity index (χ2v) is 2.57. The highest BCUT2D eigenvalue weighted by Crippen LogP contribution is 2.05. The van der Waals surface area contributed by atoms with E-state index in [1.54, 1.807) is 0 Å². The molecule has 0 fully saturated rings. The van der Waals surface area contributed by atoms with Gasteiger partial charge in [-0.3, -0.25) is 4.79 Å². The van der Waals surface area contributed by atoms with E-state index in [9.17, 15) is 4.79 Å². The number of imidazole rings is 1. The van der Waals surface area contributed by atoms with Gasteiger partial charge in [0.25, 0.3) is 0 Å². The van der Waals surface area contributed by atoms with Crippen molar-refractivity contribution in [2.24, 2.45) is 0 Å². The molecule has 1 heterocycles. The van der Waals surface area contributed by atoms with Crippen molar-refractivity contribution >= 4 is 5.78 Å². The fraction of sp³-hybridized carbons (Fsp3) is 0.500. The van der Waals surface area contributed by atoms with Gasteiger partial charge in [0.2, 0.25) is 0 Å². The summed E-state index contributed by atoms with van der Waals surface area (Å²) < 4.78 is 0. The van der Waals surface area contributed by atoms with Gasteiger partial charge in [0.1, 0.15) is 0 Å². The molecular formula is C8H12N2O. The van der Waals surface area contributed by atoms with Crippen LogP contribution in [0.5, 0.6) is 0 Å². The number of aryl methyl sites for hydroxylation is 2. The van der Waals surface area contributed by atoms with E-state index in [1.165, 1.54) is 6.92 Å². The average Bonchev–Trinajstić information content (AvgIpc) is 2.31. The Kier molecular flexibility index (Phi) is 2.08. The van der Waals surface area contributed by atoms with E-state index in [1.807, 2.05) is 13.8 Å². The fourth-order valence-electron chi connectivity index (χ4n) is 1.01. The summed E-state index contributed by atoms with van der Waals surface area (Å²) in [5.74, 6) is 0.465. The van der Waals surface area contributed by atoms with E-state index in [0.29, 0.717) is 5.82 Å². The van der Waals surface area contributed by atoms with E-state index < -0.39 is 0 Å². The van der Waals surface area contributed by atoms with E-state index in [2.05, 4.69) is 9.97 Å². The van der Waals surface area contributed by atoms with Crippen LogP contribution in [0, 0.1) is 6.92 Å². The van der Waals surface area contributed by atoms with Gasteiger partial charge in [-0.25, -0.2) is 4.98 Å². The Labute approximate surface area is 65.8 Å². The summed E-state index contributed by atoms with van der Waals surface area (Å²) in [4.78, 5) is 17.9. The molecule has 0 aliphatic heterocycles. The maximum atomic E-state index is 10.8. The smallest absolute Gasteiger partial charge is 0.194 e. The predicted molar refractivity (Wildman–Crippen MR) is 42.7 cm³/mol. The minimum absolute atomic E-state index is 0.00667. The van der Waals surface area contributed by atoms with Crippen molar-refractivity contribution in [2.45, 2.75) is 27.2 Å². The lowest BCUT2D eigenvalue weighted by atomic mass is 10.3. The fourth-order valence-corrected chi connectivity index (χ4v) is 1.01. The number of carbonyl (C=O) groups excluding carboxylic acids is 1. The minimum atomic E-state index is -0.00667. The first kappa shape index (κ1) is 7.98. The number of carbonyl (C=O) groups is 1. The zero-order valence-corrected chi connectivity index (χ0v) is 7.06. The van der Waals surface area contributed by atoms with Crippen molar-refractivity contribution in [1.29, 1.82) is 0 Å².